The number of fused-ring (bicyclic) bond motifs is 1. The highest BCUT2D eigenvalue weighted by Gasteiger charge is 2.37. The first kappa shape index (κ1) is 14.6. The Hall–Kier alpha value is -1.35. The quantitative estimate of drug-likeness (QED) is 0.897. The number of hydrogen-bond acceptors (Lipinski definition) is 2. The van der Waals surface area contributed by atoms with Crippen molar-refractivity contribution in [2.24, 2.45) is 5.92 Å². The summed E-state index contributed by atoms with van der Waals surface area (Å²) in [6.45, 7) is 4.84. The molecule has 1 saturated heterocycles. The fourth-order valence-corrected chi connectivity index (χ4v) is 3.87. The molecule has 3 rings (SSSR count). The topological polar surface area (TPSA) is 41.1 Å². The van der Waals surface area contributed by atoms with Crippen molar-refractivity contribution < 1.29 is 4.79 Å². The number of amides is 1. The molecule has 3 atom stereocenters. The zero-order chi connectivity index (χ0) is 14.8. The molecular formula is C18H26N2O. The Balaban J connectivity index is 1.55. The molecule has 2 N–H and O–H groups in total. The lowest BCUT2D eigenvalue weighted by Gasteiger charge is -2.24. The molecule has 3 nitrogen and oxygen atoms in total. The fourth-order valence-electron chi connectivity index (χ4n) is 3.87. The fraction of sp³-hybridized carbons (Fsp3) is 0.611. The van der Waals surface area contributed by atoms with E-state index in [-0.39, 0.29) is 11.9 Å². The molecule has 0 aromatic heterocycles. The molecule has 21 heavy (non-hydrogen) atoms. The van der Waals surface area contributed by atoms with Gasteiger partial charge in [-0.1, -0.05) is 36.6 Å². The van der Waals surface area contributed by atoms with Crippen LogP contribution in [0.4, 0.5) is 0 Å². The molecule has 1 aliphatic heterocycles. The maximum Gasteiger partial charge on any atom is 0.237 e. The second-order valence-corrected chi connectivity index (χ2v) is 6.75. The van der Waals surface area contributed by atoms with Gasteiger partial charge >= 0.3 is 0 Å². The number of hydrogen-bond donors (Lipinski definition) is 2. The summed E-state index contributed by atoms with van der Waals surface area (Å²) in [5.74, 6) is 0.889. The van der Waals surface area contributed by atoms with Crippen molar-refractivity contribution in [1.82, 2.24) is 10.6 Å². The Morgan fingerprint density at radius 2 is 2.10 bits per heavy atom. The van der Waals surface area contributed by atoms with Gasteiger partial charge in [0, 0.05) is 12.6 Å². The molecule has 1 aromatic rings. The molecule has 0 bridgehead atoms. The van der Waals surface area contributed by atoms with E-state index >= 15 is 0 Å². The maximum atomic E-state index is 12.4. The highest BCUT2D eigenvalue weighted by Crippen LogP contribution is 2.33. The van der Waals surface area contributed by atoms with Crippen molar-refractivity contribution in [2.45, 2.75) is 64.6 Å². The average molecular weight is 286 g/mol. The SMILES string of the molecule is Cc1ccc(CNC(=O)C2CC3CCCCC3N2)c(C)c1. The highest BCUT2D eigenvalue weighted by molar-refractivity contribution is 5.82. The normalized spacial score (nSPS) is 28.2. The molecule has 1 aromatic carbocycles. The summed E-state index contributed by atoms with van der Waals surface area (Å²) in [6, 6.07) is 6.99. The van der Waals surface area contributed by atoms with Gasteiger partial charge in [0.1, 0.15) is 0 Å². The minimum Gasteiger partial charge on any atom is -0.351 e. The molecule has 2 fully saturated rings. The minimum absolute atomic E-state index is 0.0175. The van der Waals surface area contributed by atoms with Gasteiger partial charge in [-0.15, -0.1) is 0 Å². The van der Waals surface area contributed by atoms with E-state index in [0.29, 0.717) is 12.6 Å². The Bertz CT molecular complexity index is 512. The molecule has 2 aliphatic rings. The summed E-state index contributed by atoms with van der Waals surface area (Å²) >= 11 is 0. The lowest BCUT2D eigenvalue weighted by Crippen LogP contribution is -2.42. The molecule has 0 radical (unpaired) electrons. The van der Waals surface area contributed by atoms with Crippen molar-refractivity contribution in [3.8, 4) is 0 Å². The average Bonchev–Trinajstić information content (AvgIpc) is 2.90. The molecule has 114 valence electrons. The monoisotopic (exact) mass is 286 g/mol. The van der Waals surface area contributed by atoms with Gasteiger partial charge in [-0.05, 0) is 50.2 Å². The van der Waals surface area contributed by atoms with Crippen molar-refractivity contribution in [1.29, 1.82) is 0 Å². The van der Waals surface area contributed by atoms with Crippen LogP contribution in [0.5, 0.6) is 0 Å². The van der Waals surface area contributed by atoms with Gasteiger partial charge in [-0.2, -0.15) is 0 Å². The van der Waals surface area contributed by atoms with Crippen molar-refractivity contribution in [3.05, 3.63) is 34.9 Å². The van der Waals surface area contributed by atoms with E-state index in [9.17, 15) is 4.79 Å². The van der Waals surface area contributed by atoms with Crippen LogP contribution >= 0.6 is 0 Å². The molecule has 3 heteroatoms. The molecule has 1 saturated carbocycles. The van der Waals surface area contributed by atoms with Gasteiger partial charge in [-0.25, -0.2) is 0 Å². The number of carbonyl (C=O) groups excluding carboxylic acids is 1. The first-order valence-electron chi connectivity index (χ1n) is 8.23. The van der Waals surface area contributed by atoms with Crippen LogP contribution in [0, 0.1) is 19.8 Å². The molecular weight excluding hydrogens is 260 g/mol. The molecule has 1 aliphatic carbocycles. The predicted octanol–water partition coefficient (Wildman–Crippen LogP) is 2.84. The molecule has 0 spiro atoms. The smallest absolute Gasteiger partial charge is 0.237 e. The third-order valence-corrected chi connectivity index (χ3v) is 5.13. The van der Waals surface area contributed by atoms with Crippen LogP contribution in [-0.2, 0) is 11.3 Å². The summed E-state index contributed by atoms with van der Waals surface area (Å²) in [5.41, 5.74) is 3.73. The minimum atomic E-state index is 0.0175. The summed E-state index contributed by atoms with van der Waals surface area (Å²) in [5, 5.41) is 6.65. The number of aryl methyl sites for hydroxylation is 2. The van der Waals surface area contributed by atoms with Gasteiger partial charge in [-0.3, -0.25) is 4.79 Å². The molecule has 1 amide bonds. The standard InChI is InChI=1S/C18H26N2O/c1-12-7-8-15(13(2)9-12)11-19-18(21)17-10-14-5-3-4-6-16(14)20-17/h7-9,14,16-17,20H,3-6,10-11H2,1-2H3,(H,19,21). The van der Waals surface area contributed by atoms with Crippen LogP contribution < -0.4 is 10.6 Å². The third kappa shape index (κ3) is 3.29. The Labute approximate surface area is 127 Å². The van der Waals surface area contributed by atoms with Crippen molar-refractivity contribution in [3.63, 3.8) is 0 Å². The third-order valence-electron chi connectivity index (χ3n) is 5.13. The second-order valence-electron chi connectivity index (χ2n) is 6.75. The summed E-state index contributed by atoms with van der Waals surface area (Å²) in [4.78, 5) is 12.4. The second kappa shape index (κ2) is 6.18. The van der Waals surface area contributed by atoms with Crippen molar-refractivity contribution >= 4 is 5.91 Å². The largest absolute Gasteiger partial charge is 0.351 e. The zero-order valence-electron chi connectivity index (χ0n) is 13.1. The van der Waals surface area contributed by atoms with Gasteiger partial charge in [0.25, 0.3) is 0 Å². The number of benzene rings is 1. The maximum absolute atomic E-state index is 12.4. The van der Waals surface area contributed by atoms with E-state index in [2.05, 4.69) is 42.7 Å². The van der Waals surface area contributed by atoms with Crippen LogP contribution in [0.25, 0.3) is 0 Å². The Morgan fingerprint density at radius 3 is 2.86 bits per heavy atom. The van der Waals surface area contributed by atoms with E-state index in [4.69, 9.17) is 0 Å². The number of carbonyl (C=O) groups is 1. The number of rotatable bonds is 3. The van der Waals surface area contributed by atoms with E-state index in [1.807, 2.05) is 0 Å². The van der Waals surface area contributed by atoms with E-state index in [1.54, 1.807) is 0 Å². The summed E-state index contributed by atoms with van der Waals surface area (Å²) in [6.07, 6.45) is 6.19. The van der Waals surface area contributed by atoms with Crippen LogP contribution in [0.2, 0.25) is 0 Å². The Morgan fingerprint density at radius 1 is 1.29 bits per heavy atom. The van der Waals surface area contributed by atoms with E-state index in [0.717, 1.165) is 12.3 Å². The highest BCUT2D eigenvalue weighted by atomic mass is 16.2. The van der Waals surface area contributed by atoms with Crippen LogP contribution in [0.3, 0.4) is 0 Å². The first-order chi connectivity index (χ1) is 10.1. The molecule has 1 heterocycles. The zero-order valence-corrected chi connectivity index (χ0v) is 13.1. The number of nitrogens with one attached hydrogen (secondary N) is 2. The first-order valence-corrected chi connectivity index (χ1v) is 8.23. The summed E-state index contributed by atoms with van der Waals surface area (Å²) < 4.78 is 0. The van der Waals surface area contributed by atoms with E-state index in [1.165, 1.54) is 42.4 Å². The summed E-state index contributed by atoms with van der Waals surface area (Å²) in [7, 11) is 0. The van der Waals surface area contributed by atoms with Gasteiger partial charge in [0.2, 0.25) is 5.91 Å². The van der Waals surface area contributed by atoms with Crippen molar-refractivity contribution in [2.75, 3.05) is 0 Å². The molecule has 3 unspecified atom stereocenters. The lowest BCUT2D eigenvalue weighted by molar-refractivity contribution is -0.123. The lowest BCUT2D eigenvalue weighted by atomic mass is 9.85. The van der Waals surface area contributed by atoms with Gasteiger partial charge < -0.3 is 10.6 Å². The van der Waals surface area contributed by atoms with Crippen LogP contribution in [0.1, 0.15) is 48.8 Å². The van der Waals surface area contributed by atoms with Crippen LogP contribution in [-0.4, -0.2) is 18.0 Å². The predicted molar refractivity (Wildman–Crippen MR) is 85.0 cm³/mol. The van der Waals surface area contributed by atoms with E-state index < -0.39 is 0 Å². The van der Waals surface area contributed by atoms with Crippen LogP contribution in [0.15, 0.2) is 18.2 Å². The van der Waals surface area contributed by atoms with Gasteiger partial charge in [0.15, 0.2) is 0 Å². The van der Waals surface area contributed by atoms with Gasteiger partial charge in [0.05, 0.1) is 6.04 Å². The Kier molecular flexibility index (Phi) is 4.29.